The summed E-state index contributed by atoms with van der Waals surface area (Å²) in [5.74, 6) is 2.56. The summed E-state index contributed by atoms with van der Waals surface area (Å²) in [5.41, 5.74) is 0.944. The van der Waals surface area contributed by atoms with Crippen LogP contribution in [0, 0.1) is 0 Å². The first-order chi connectivity index (χ1) is 11.1. The fourth-order valence-electron chi connectivity index (χ4n) is 2.87. The standard InChI is InChI=1S/C18H23N3O2.HI/c1-18(2)11-15(14-8-4-5-9-16(14)23-18)21-17(19-3)20-12-13-7-6-10-22-13;/h4-10,15H,11-12H2,1-3H3,(H2,19,20,21);1H. The van der Waals surface area contributed by atoms with Crippen LogP contribution >= 0.6 is 24.0 Å². The van der Waals surface area contributed by atoms with Gasteiger partial charge in [0.2, 0.25) is 0 Å². The van der Waals surface area contributed by atoms with Gasteiger partial charge in [0.1, 0.15) is 17.1 Å². The number of para-hydroxylation sites is 1. The molecule has 1 aliphatic rings. The van der Waals surface area contributed by atoms with Crippen molar-refractivity contribution < 1.29 is 9.15 Å². The van der Waals surface area contributed by atoms with Crippen LogP contribution in [0.2, 0.25) is 0 Å². The van der Waals surface area contributed by atoms with Gasteiger partial charge in [-0.1, -0.05) is 18.2 Å². The van der Waals surface area contributed by atoms with Crippen molar-refractivity contribution in [2.24, 2.45) is 4.99 Å². The first-order valence-corrected chi connectivity index (χ1v) is 7.85. The molecule has 1 aromatic carbocycles. The summed E-state index contributed by atoms with van der Waals surface area (Å²) in [6.45, 7) is 4.81. The molecule has 1 aromatic heterocycles. The molecule has 0 aliphatic carbocycles. The number of halogens is 1. The molecule has 6 heteroatoms. The molecule has 3 rings (SSSR count). The first-order valence-electron chi connectivity index (χ1n) is 7.85. The van der Waals surface area contributed by atoms with Crippen molar-refractivity contribution >= 4 is 29.9 Å². The fraction of sp³-hybridized carbons (Fsp3) is 0.389. The van der Waals surface area contributed by atoms with Crippen LogP contribution in [0.15, 0.2) is 52.1 Å². The molecule has 0 fully saturated rings. The van der Waals surface area contributed by atoms with Crippen molar-refractivity contribution in [1.29, 1.82) is 0 Å². The normalized spacial score (nSPS) is 18.8. The number of aliphatic imine (C=N–C) groups is 1. The van der Waals surface area contributed by atoms with E-state index in [0.717, 1.165) is 29.5 Å². The second-order valence-corrected chi connectivity index (χ2v) is 6.31. The molecule has 2 aromatic rings. The quantitative estimate of drug-likeness (QED) is 0.432. The highest BCUT2D eigenvalue weighted by atomic mass is 127. The Kier molecular flexibility index (Phi) is 6.15. The fourth-order valence-corrected chi connectivity index (χ4v) is 2.87. The number of nitrogens with zero attached hydrogens (tertiary/aromatic N) is 1. The Hall–Kier alpha value is -1.70. The second-order valence-electron chi connectivity index (χ2n) is 6.31. The van der Waals surface area contributed by atoms with E-state index in [2.05, 4.69) is 35.5 Å². The number of furan rings is 1. The zero-order valence-corrected chi connectivity index (χ0v) is 16.5. The number of benzene rings is 1. The van der Waals surface area contributed by atoms with E-state index in [9.17, 15) is 0 Å². The minimum atomic E-state index is -0.216. The molecular weight excluding hydrogens is 417 g/mol. The highest BCUT2D eigenvalue weighted by Crippen LogP contribution is 2.39. The number of nitrogens with one attached hydrogen (secondary N) is 2. The largest absolute Gasteiger partial charge is 0.487 e. The van der Waals surface area contributed by atoms with Gasteiger partial charge in [-0.05, 0) is 32.0 Å². The Morgan fingerprint density at radius 1 is 1.25 bits per heavy atom. The van der Waals surface area contributed by atoms with Crippen molar-refractivity contribution in [3.63, 3.8) is 0 Å². The van der Waals surface area contributed by atoms with Gasteiger partial charge in [0.25, 0.3) is 0 Å². The van der Waals surface area contributed by atoms with Crippen molar-refractivity contribution in [3.05, 3.63) is 54.0 Å². The molecule has 24 heavy (non-hydrogen) atoms. The van der Waals surface area contributed by atoms with Gasteiger partial charge in [0, 0.05) is 19.0 Å². The van der Waals surface area contributed by atoms with E-state index in [-0.39, 0.29) is 35.6 Å². The molecule has 0 bridgehead atoms. The maximum atomic E-state index is 6.07. The average molecular weight is 441 g/mol. The summed E-state index contributed by atoms with van der Waals surface area (Å²) >= 11 is 0. The lowest BCUT2D eigenvalue weighted by Crippen LogP contribution is -2.45. The van der Waals surface area contributed by atoms with Gasteiger partial charge in [-0.25, -0.2) is 0 Å². The smallest absolute Gasteiger partial charge is 0.191 e. The monoisotopic (exact) mass is 441 g/mol. The molecule has 2 heterocycles. The van der Waals surface area contributed by atoms with Crippen molar-refractivity contribution in [3.8, 4) is 5.75 Å². The topological polar surface area (TPSA) is 58.8 Å². The van der Waals surface area contributed by atoms with E-state index < -0.39 is 0 Å². The van der Waals surface area contributed by atoms with Gasteiger partial charge in [0.05, 0.1) is 18.8 Å². The summed E-state index contributed by atoms with van der Waals surface area (Å²) in [6.07, 6.45) is 2.54. The highest BCUT2D eigenvalue weighted by molar-refractivity contribution is 14.0. The Morgan fingerprint density at radius 2 is 2.04 bits per heavy atom. The number of hydrogen-bond donors (Lipinski definition) is 2. The van der Waals surface area contributed by atoms with Gasteiger partial charge in [0.15, 0.2) is 5.96 Å². The van der Waals surface area contributed by atoms with E-state index in [1.54, 1.807) is 13.3 Å². The Labute approximate surface area is 159 Å². The van der Waals surface area contributed by atoms with E-state index >= 15 is 0 Å². The minimum Gasteiger partial charge on any atom is -0.487 e. The van der Waals surface area contributed by atoms with Crippen LogP contribution in [-0.4, -0.2) is 18.6 Å². The first kappa shape index (κ1) is 18.6. The summed E-state index contributed by atoms with van der Waals surface area (Å²) in [5, 5.41) is 6.78. The average Bonchev–Trinajstić information content (AvgIpc) is 3.03. The number of rotatable bonds is 3. The lowest BCUT2D eigenvalue weighted by molar-refractivity contribution is 0.0694. The molecule has 0 radical (unpaired) electrons. The third kappa shape index (κ3) is 4.43. The number of fused-ring (bicyclic) bond motifs is 1. The number of hydrogen-bond acceptors (Lipinski definition) is 3. The van der Waals surface area contributed by atoms with Crippen LogP contribution in [0.1, 0.15) is 37.6 Å². The van der Waals surface area contributed by atoms with Crippen LogP contribution in [-0.2, 0) is 6.54 Å². The molecule has 0 amide bonds. The predicted molar refractivity (Wildman–Crippen MR) is 106 cm³/mol. The molecule has 5 nitrogen and oxygen atoms in total. The summed E-state index contributed by atoms with van der Waals surface area (Å²) in [4.78, 5) is 4.31. The van der Waals surface area contributed by atoms with Gasteiger partial charge < -0.3 is 19.8 Å². The third-order valence-corrected chi connectivity index (χ3v) is 3.92. The summed E-state index contributed by atoms with van der Waals surface area (Å²) in [6, 6.07) is 12.1. The van der Waals surface area contributed by atoms with Gasteiger partial charge in [-0.2, -0.15) is 0 Å². The van der Waals surface area contributed by atoms with Crippen LogP contribution in [0.25, 0.3) is 0 Å². The van der Waals surface area contributed by atoms with Crippen LogP contribution in [0.4, 0.5) is 0 Å². The molecule has 1 aliphatic heterocycles. The zero-order valence-electron chi connectivity index (χ0n) is 14.2. The van der Waals surface area contributed by atoms with Crippen LogP contribution in [0.5, 0.6) is 5.75 Å². The van der Waals surface area contributed by atoms with E-state index in [1.807, 2.05) is 30.3 Å². The van der Waals surface area contributed by atoms with Crippen LogP contribution < -0.4 is 15.4 Å². The summed E-state index contributed by atoms with van der Waals surface area (Å²) < 4.78 is 11.4. The lowest BCUT2D eigenvalue weighted by atomic mass is 9.90. The van der Waals surface area contributed by atoms with Crippen molar-refractivity contribution in [1.82, 2.24) is 10.6 Å². The maximum absolute atomic E-state index is 6.07. The zero-order chi connectivity index (χ0) is 16.3. The third-order valence-electron chi connectivity index (χ3n) is 3.92. The molecule has 1 unspecified atom stereocenters. The van der Waals surface area contributed by atoms with Crippen LogP contribution in [0.3, 0.4) is 0 Å². The Morgan fingerprint density at radius 3 is 2.75 bits per heavy atom. The number of guanidine groups is 1. The molecule has 2 N–H and O–H groups in total. The molecule has 0 saturated carbocycles. The summed E-state index contributed by atoms with van der Waals surface area (Å²) in [7, 11) is 1.77. The molecule has 130 valence electrons. The Balaban J connectivity index is 0.00000208. The lowest BCUT2D eigenvalue weighted by Gasteiger charge is -2.38. The highest BCUT2D eigenvalue weighted by Gasteiger charge is 2.33. The SMILES string of the molecule is CN=C(NCc1ccco1)NC1CC(C)(C)Oc2ccccc21.I. The van der Waals surface area contributed by atoms with Gasteiger partial charge in [-0.15, -0.1) is 24.0 Å². The minimum absolute atomic E-state index is 0. The second kappa shape index (κ2) is 7.92. The van der Waals surface area contributed by atoms with E-state index in [4.69, 9.17) is 9.15 Å². The Bertz CT molecular complexity index is 683. The molecule has 0 spiro atoms. The van der Waals surface area contributed by atoms with E-state index in [0.29, 0.717) is 6.54 Å². The molecule has 0 saturated heterocycles. The number of ether oxygens (including phenoxy) is 1. The molecular formula is C18H24IN3O2. The van der Waals surface area contributed by atoms with Crippen molar-refractivity contribution in [2.45, 2.75) is 38.5 Å². The van der Waals surface area contributed by atoms with Gasteiger partial charge in [-0.3, -0.25) is 4.99 Å². The molecule has 1 atom stereocenters. The maximum Gasteiger partial charge on any atom is 0.191 e. The van der Waals surface area contributed by atoms with E-state index in [1.165, 1.54) is 0 Å². The van der Waals surface area contributed by atoms with Gasteiger partial charge >= 0.3 is 0 Å². The predicted octanol–water partition coefficient (Wildman–Crippen LogP) is 3.87. The van der Waals surface area contributed by atoms with Crippen molar-refractivity contribution in [2.75, 3.05) is 7.05 Å².